The van der Waals surface area contributed by atoms with Crippen molar-refractivity contribution in [3.05, 3.63) is 137 Å². The van der Waals surface area contributed by atoms with E-state index in [1.54, 1.807) is 4.57 Å². The van der Waals surface area contributed by atoms with Crippen molar-refractivity contribution in [1.82, 2.24) is 0 Å². The molecule has 0 aliphatic carbocycles. The van der Waals surface area contributed by atoms with Crippen molar-refractivity contribution in [3.8, 4) is 33.6 Å². The van der Waals surface area contributed by atoms with Crippen LogP contribution in [0.2, 0.25) is 0 Å². The molecule has 5 rings (SSSR count). The van der Waals surface area contributed by atoms with Crippen molar-refractivity contribution in [3.63, 3.8) is 0 Å². The van der Waals surface area contributed by atoms with E-state index in [0.29, 0.717) is 5.56 Å². The highest BCUT2D eigenvalue weighted by atomic mass is 79.9. The zero-order valence-electron chi connectivity index (χ0n) is 17.9. The summed E-state index contributed by atoms with van der Waals surface area (Å²) in [5.74, 6) is 0. The lowest BCUT2D eigenvalue weighted by atomic mass is 9.98. The van der Waals surface area contributed by atoms with E-state index in [1.807, 2.05) is 103 Å². The van der Waals surface area contributed by atoms with Crippen LogP contribution in [-0.2, 0) is 0 Å². The summed E-state index contributed by atoms with van der Waals surface area (Å²) in [4.78, 5) is 0. The predicted octanol–water partition coefficient (Wildman–Crippen LogP) is 8.25. The Morgan fingerprint density at radius 1 is 0.515 bits per heavy atom. The Morgan fingerprint density at radius 3 is 1.39 bits per heavy atom. The quantitative estimate of drug-likeness (QED) is 0.216. The van der Waals surface area contributed by atoms with Gasteiger partial charge >= 0.3 is 6.30 Å². The fourth-order valence-corrected chi connectivity index (χ4v) is 4.34. The minimum absolute atomic E-state index is 0.602. The summed E-state index contributed by atoms with van der Waals surface area (Å²) >= 11 is 3.46. The first-order chi connectivity index (χ1) is 16.2. The van der Waals surface area contributed by atoms with E-state index in [-0.39, 0.29) is 0 Å². The highest BCUT2D eigenvalue weighted by Crippen LogP contribution is 2.32. The first-order valence-electron chi connectivity index (χ1n) is 10.9. The van der Waals surface area contributed by atoms with Gasteiger partial charge < -0.3 is 0 Å². The molecule has 0 aliphatic rings. The number of hydrogen-bond donors (Lipinski definition) is 0. The highest BCUT2D eigenvalue weighted by molar-refractivity contribution is 9.10. The molecule has 0 saturated heterocycles. The molecule has 1 unspecified atom stereocenters. The highest BCUT2D eigenvalue weighted by Gasteiger charge is 2.31. The lowest BCUT2D eigenvalue weighted by Crippen LogP contribution is -2.42. The molecule has 0 bridgehead atoms. The fraction of sp³-hybridized carbons (Fsp3) is 0.0333. The Balaban J connectivity index is 1.82. The van der Waals surface area contributed by atoms with Gasteiger partial charge in [0, 0.05) is 27.7 Å². The molecule has 33 heavy (non-hydrogen) atoms. The van der Waals surface area contributed by atoms with Crippen molar-refractivity contribution in [1.29, 1.82) is 0 Å². The van der Waals surface area contributed by atoms with E-state index in [0.717, 1.165) is 38.1 Å². The van der Waals surface area contributed by atoms with Crippen LogP contribution < -0.4 is 4.57 Å². The molecular weight excluding hydrogens is 473 g/mol. The van der Waals surface area contributed by atoms with Gasteiger partial charge in [-0.2, -0.15) is 8.96 Å². The van der Waals surface area contributed by atoms with Gasteiger partial charge in [0.05, 0.1) is 5.56 Å². The van der Waals surface area contributed by atoms with E-state index < -0.39 is 6.30 Å². The van der Waals surface area contributed by atoms with Crippen molar-refractivity contribution < 1.29 is 8.96 Å². The Labute approximate surface area is 201 Å². The van der Waals surface area contributed by atoms with Crippen molar-refractivity contribution in [2.45, 2.75) is 6.30 Å². The zero-order chi connectivity index (χ0) is 22.6. The Morgan fingerprint density at radius 2 is 0.939 bits per heavy atom. The molecule has 0 amide bonds. The van der Waals surface area contributed by atoms with Crippen LogP contribution in [-0.4, -0.2) is 0 Å². The lowest BCUT2D eigenvalue weighted by Gasteiger charge is -2.15. The molecule has 1 nitrogen and oxygen atoms in total. The number of pyridine rings is 1. The molecular formula is C30H22BrFN+. The van der Waals surface area contributed by atoms with Gasteiger partial charge in [-0.05, 0) is 59.7 Å². The number of nitrogens with zero attached hydrogens (tertiary/aromatic N) is 1. The SMILES string of the molecule is FC(c1ccc(Br)cc1)[n+]1c(-c2ccccc2)cc(-c2ccccc2)cc1-c1ccccc1. The molecule has 4 aromatic carbocycles. The molecule has 5 aromatic rings. The zero-order valence-corrected chi connectivity index (χ0v) is 19.5. The van der Waals surface area contributed by atoms with Gasteiger partial charge in [-0.15, -0.1) is 0 Å². The van der Waals surface area contributed by atoms with Gasteiger partial charge in [-0.25, -0.2) is 0 Å². The van der Waals surface area contributed by atoms with Crippen LogP contribution in [0, 0.1) is 0 Å². The summed E-state index contributed by atoms with van der Waals surface area (Å²) in [6.07, 6.45) is -1.35. The molecule has 0 aliphatic heterocycles. The largest absolute Gasteiger partial charge is 0.326 e. The summed E-state index contributed by atoms with van der Waals surface area (Å²) in [6, 6.07) is 41.9. The van der Waals surface area contributed by atoms with Gasteiger partial charge in [0.25, 0.3) is 0 Å². The smallest absolute Gasteiger partial charge is 0.170 e. The van der Waals surface area contributed by atoms with Crippen LogP contribution in [0.3, 0.4) is 0 Å². The summed E-state index contributed by atoms with van der Waals surface area (Å²) in [7, 11) is 0. The second-order valence-electron chi connectivity index (χ2n) is 7.87. The third-order valence-electron chi connectivity index (χ3n) is 5.72. The minimum Gasteiger partial charge on any atom is -0.170 e. The van der Waals surface area contributed by atoms with E-state index in [2.05, 4.69) is 40.2 Å². The number of benzene rings is 4. The second-order valence-corrected chi connectivity index (χ2v) is 8.79. The molecule has 0 fully saturated rings. The van der Waals surface area contributed by atoms with Crippen molar-refractivity contribution in [2.75, 3.05) is 0 Å². The van der Waals surface area contributed by atoms with Gasteiger partial charge in [0.1, 0.15) is 0 Å². The molecule has 0 saturated carbocycles. The summed E-state index contributed by atoms with van der Waals surface area (Å²) in [6.45, 7) is 0. The van der Waals surface area contributed by atoms with Crippen LogP contribution in [0.5, 0.6) is 0 Å². The van der Waals surface area contributed by atoms with Gasteiger partial charge in [0.15, 0.2) is 0 Å². The molecule has 1 heterocycles. The Hall–Kier alpha value is -3.56. The van der Waals surface area contributed by atoms with E-state index in [1.165, 1.54) is 0 Å². The van der Waals surface area contributed by atoms with Crippen LogP contribution in [0.4, 0.5) is 4.39 Å². The van der Waals surface area contributed by atoms with Gasteiger partial charge in [-0.3, -0.25) is 0 Å². The number of rotatable bonds is 5. The van der Waals surface area contributed by atoms with Gasteiger partial charge in [0.2, 0.25) is 11.4 Å². The Bertz CT molecular complexity index is 1290. The van der Waals surface area contributed by atoms with Crippen LogP contribution >= 0.6 is 15.9 Å². The fourth-order valence-electron chi connectivity index (χ4n) is 4.08. The molecule has 0 spiro atoms. The second kappa shape index (κ2) is 9.51. The summed E-state index contributed by atoms with van der Waals surface area (Å²) in [5, 5.41) is 0. The number of alkyl halides is 1. The predicted molar refractivity (Wildman–Crippen MR) is 136 cm³/mol. The maximum Gasteiger partial charge on any atom is 0.326 e. The number of aromatic nitrogens is 1. The number of hydrogen-bond acceptors (Lipinski definition) is 0. The van der Waals surface area contributed by atoms with Crippen molar-refractivity contribution in [2.24, 2.45) is 0 Å². The normalized spacial score (nSPS) is 11.8. The Kier molecular flexibility index (Phi) is 6.14. The third-order valence-corrected chi connectivity index (χ3v) is 6.25. The summed E-state index contributed by atoms with van der Waals surface area (Å²) < 4.78 is 19.1. The molecule has 0 radical (unpaired) electrons. The molecule has 1 aromatic heterocycles. The maximum absolute atomic E-state index is 16.4. The first-order valence-corrected chi connectivity index (χ1v) is 11.7. The maximum atomic E-state index is 16.4. The van der Waals surface area contributed by atoms with Gasteiger partial charge in [-0.1, -0.05) is 82.7 Å². The summed E-state index contributed by atoms with van der Waals surface area (Å²) in [5.41, 5.74) is 6.33. The topological polar surface area (TPSA) is 3.88 Å². The van der Waals surface area contributed by atoms with Crippen molar-refractivity contribution >= 4 is 15.9 Å². The van der Waals surface area contributed by atoms with Crippen LogP contribution in [0.1, 0.15) is 11.9 Å². The standard InChI is InChI=1S/C30H22BrFN/c31-27-18-16-25(17-19-27)30(32)33-28(23-12-6-2-7-13-23)20-26(22-10-4-1-5-11-22)21-29(33)24-14-8-3-9-15-24/h1-21,30H/q+1. The molecule has 0 N–H and O–H groups in total. The average Bonchev–Trinajstić information content (AvgIpc) is 2.89. The van der Waals surface area contributed by atoms with Crippen LogP contribution in [0.15, 0.2) is 132 Å². The molecule has 1 atom stereocenters. The van der Waals surface area contributed by atoms with E-state index in [4.69, 9.17) is 0 Å². The monoisotopic (exact) mass is 494 g/mol. The molecule has 160 valence electrons. The van der Waals surface area contributed by atoms with E-state index in [9.17, 15) is 0 Å². The molecule has 3 heteroatoms. The van der Waals surface area contributed by atoms with E-state index >= 15 is 4.39 Å². The minimum atomic E-state index is -1.35. The van der Waals surface area contributed by atoms with Crippen LogP contribution in [0.25, 0.3) is 33.6 Å². The average molecular weight is 495 g/mol. The number of halogens is 2. The first kappa shape index (κ1) is 21.3. The third kappa shape index (κ3) is 4.50. The lowest BCUT2D eigenvalue weighted by molar-refractivity contribution is -0.717.